The Balaban J connectivity index is 1.28. The van der Waals surface area contributed by atoms with E-state index in [0.717, 1.165) is 25.2 Å². The number of rotatable bonds is 11. The van der Waals surface area contributed by atoms with Crippen LogP contribution in [-0.2, 0) is 9.59 Å². The van der Waals surface area contributed by atoms with Gasteiger partial charge in [-0.15, -0.1) is 0 Å². The van der Waals surface area contributed by atoms with Gasteiger partial charge in [0.25, 0.3) is 0 Å². The molecule has 0 radical (unpaired) electrons. The number of amides is 2. The van der Waals surface area contributed by atoms with Crippen molar-refractivity contribution in [3.63, 3.8) is 0 Å². The highest BCUT2D eigenvalue weighted by atomic mass is 16.2. The van der Waals surface area contributed by atoms with Crippen LogP contribution in [0.4, 0.5) is 0 Å². The normalized spacial score (nSPS) is 28.8. The Morgan fingerprint density at radius 3 is 2.34 bits per heavy atom. The fourth-order valence-corrected chi connectivity index (χ4v) is 8.39. The summed E-state index contributed by atoms with van der Waals surface area (Å²) in [7, 11) is 0. The van der Waals surface area contributed by atoms with Gasteiger partial charge in [-0.1, -0.05) is 74.5 Å². The molecule has 6 N–H and O–H groups in total. The molecule has 44 heavy (non-hydrogen) atoms. The van der Waals surface area contributed by atoms with E-state index in [1.54, 1.807) is 0 Å². The lowest BCUT2D eigenvalue weighted by Crippen LogP contribution is -2.51. The van der Waals surface area contributed by atoms with E-state index >= 15 is 0 Å². The van der Waals surface area contributed by atoms with Crippen molar-refractivity contribution in [3.05, 3.63) is 71.8 Å². The molecule has 1 saturated heterocycles. The van der Waals surface area contributed by atoms with E-state index in [2.05, 4.69) is 78.3 Å². The fraction of sp³-hybridized carbons (Fsp3) is 0.583. The Bertz CT molecular complexity index is 1200. The van der Waals surface area contributed by atoms with E-state index in [0.29, 0.717) is 56.8 Å². The first kappa shape index (κ1) is 32.0. The minimum Gasteiger partial charge on any atom is -0.370 e. The SMILES string of the molecule is CC1CC2CC(C)C(C(=O)NC[C@@H]3CCN(CC(c4ccccc4)c4ccccc4)C(=O)[C@H](CCCNC(=N)N)N3)C(C1)C2. The summed E-state index contributed by atoms with van der Waals surface area (Å²) in [5.74, 6) is 2.77. The van der Waals surface area contributed by atoms with Gasteiger partial charge in [0.05, 0.1) is 6.04 Å². The van der Waals surface area contributed by atoms with Crippen LogP contribution in [0.5, 0.6) is 0 Å². The van der Waals surface area contributed by atoms with E-state index in [4.69, 9.17) is 11.1 Å². The van der Waals surface area contributed by atoms with Gasteiger partial charge in [0.2, 0.25) is 11.8 Å². The molecular weight excluding hydrogens is 548 g/mol. The summed E-state index contributed by atoms with van der Waals surface area (Å²) in [5.41, 5.74) is 7.87. The molecule has 1 aliphatic heterocycles. The van der Waals surface area contributed by atoms with Crippen molar-refractivity contribution < 1.29 is 9.59 Å². The van der Waals surface area contributed by atoms with E-state index < -0.39 is 0 Å². The first-order valence-electron chi connectivity index (χ1n) is 16.8. The van der Waals surface area contributed by atoms with Crippen LogP contribution >= 0.6 is 0 Å². The van der Waals surface area contributed by atoms with E-state index in [-0.39, 0.29) is 41.7 Å². The Hall–Kier alpha value is -3.39. The number of carbonyl (C=O) groups is 2. The first-order valence-corrected chi connectivity index (χ1v) is 16.8. The summed E-state index contributed by atoms with van der Waals surface area (Å²) in [4.78, 5) is 29.7. The zero-order chi connectivity index (χ0) is 31.1. The minimum atomic E-state index is -0.367. The molecule has 8 heteroatoms. The fourth-order valence-electron chi connectivity index (χ4n) is 8.39. The predicted octanol–water partition coefficient (Wildman–Crippen LogP) is 4.47. The van der Waals surface area contributed by atoms with E-state index in [9.17, 15) is 9.59 Å². The van der Waals surface area contributed by atoms with Crippen LogP contribution in [0.15, 0.2) is 60.7 Å². The molecule has 0 spiro atoms. The van der Waals surface area contributed by atoms with Gasteiger partial charge in [-0.05, 0) is 79.7 Å². The van der Waals surface area contributed by atoms with Crippen molar-refractivity contribution in [3.8, 4) is 0 Å². The summed E-state index contributed by atoms with van der Waals surface area (Å²) in [6.07, 6.45) is 6.92. The highest BCUT2D eigenvalue weighted by molar-refractivity contribution is 5.82. The highest BCUT2D eigenvalue weighted by Gasteiger charge is 2.43. The lowest BCUT2D eigenvalue weighted by atomic mass is 9.60. The maximum absolute atomic E-state index is 14.1. The molecule has 2 aromatic carbocycles. The molecule has 2 saturated carbocycles. The van der Waals surface area contributed by atoms with Gasteiger partial charge in [0, 0.05) is 44.1 Å². The molecule has 1 heterocycles. The molecule has 2 aliphatic carbocycles. The summed E-state index contributed by atoms with van der Waals surface area (Å²) < 4.78 is 0. The number of hydrogen-bond donors (Lipinski definition) is 5. The van der Waals surface area contributed by atoms with Gasteiger partial charge in [-0.3, -0.25) is 15.0 Å². The maximum Gasteiger partial charge on any atom is 0.239 e. The number of nitrogens with zero attached hydrogens (tertiary/aromatic N) is 1. The van der Waals surface area contributed by atoms with Crippen molar-refractivity contribution in [1.82, 2.24) is 20.9 Å². The average Bonchev–Trinajstić information content (AvgIpc) is 3.15. The largest absolute Gasteiger partial charge is 0.370 e. The van der Waals surface area contributed by atoms with Gasteiger partial charge >= 0.3 is 0 Å². The Morgan fingerprint density at radius 2 is 1.68 bits per heavy atom. The lowest BCUT2D eigenvalue weighted by Gasteiger charge is -2.45. The molecule has 3 aliphatic rings. The van der Waals surface area contributed by atoms with Gasteiger partial charge in [0.1, 0.15) is 0 Å². The third-order valence-electron chi connectivity index (χ3n) is 10.3. The monoisotopic (exact) mass is 600 g/mol. The van der Waals surface area contributed by atoms with Crippen LogP contribution in [-0.4, -0.2) is 60.9 Å². The summed E-state index contributed by atoms with van der Waals surface area (Å²) >= 11 is 0. The number of hydrogen-bond acceptors (Lipinski definition) is 4. The third kappa shape index (κ3) is 8.20. The highest BCUT2D eigenvalue weighted by Crippen LogP contribution is 2.48. The maximum atomic E-state index is 14.1. The van der Waals surface area contributed by atoms with Crippen molar-refractivity contribution >= 4 is 17.8 Å². The first-order chi connectivity index (χ1) is 21.3. The Morgan fingerprint density at radius 1 is 1.00 bits per heavy atom. The third-order valence-corrected chi connectivity index (χ3v) is 10.3. The molecule has 2 amide bonds. The minimum absolute atomic E-state index is 0.00231. The second-order valence-corrected chi connectivity index (χ2v) is 13.8. The average molecular weight is 601 g/mol. The van der Waals surface area contributed by atoms with Gasteiger partial charge < -0.3 is 26.6 Å². The Kier molecular flexibility index (Phi) is 11.0. The zero-order valence-corrected chi connectivity index (χ0v) is 26.5. The molecule has 2 bridgehead atoms. The van der Waals surface area contributed by atoms with Crippen LogP contribution in [0.3, 0.4) is 0 Å². The molecule has 5 rings (SSSR count). The summed E-state index contributed by atoms with van der Waals surface area (Å²) in [5, 5.41) is 17.3. The van der Waals surface area contributed by atoms with Crippen LogP contribution in [0.2, 0.25) is 0 Å². The van der Waals surface area contributed by atoms with E-state index in [1.165, 1.54) is 24.0 Å². The molecule has 7 atom stereocenters. The molecule has 5 unspecified atom stereocenters. The number of benzene rings is 2. The molecule has 238 valence electrons. The number of fused-ring (bicyclic) bond motifs is 2. The molecule has 8 nitrogen and oxygen atoms in total. The van der Waals surface area contributed by atoms with Crippen molar-refractivity contribution in [2.75, 3.05) is 26.2 Å². The van der Waals surface area contributed by atoms with Crippen LogP contribution in [0, 0.1) is 35.0 Å². The number of nitrogens with one attached hydrogen (secondary N) is 4. The second kappa shape index (κ2) is 15.1. The van der Waals surface area contributed by atoms with Crippen molar-refractivity contribution in [2.24, 2.45) is 35.3 Å². The zero-order valence-electron chi connectivity index (χ0n) is 26.5. The van der Waals surface area contributed by atoms with Crippen molar-refractivity contribution in [1.29, 1.82) is 5.41 Å². The predicted molar refractivity (Wildman–Crippen MR) is 176 cm³/mol. The van der Waals surface area contributed by atoms with Crippen LogP contribution in [0.25, 0.3) is 0 Å². The van der Waals surface area contributed by atoms with Crippen LogP contribution in [0.1, 0.15) is 75.8 Å². The quantitative estimate of drug-likeness (QED) is 0.148. The lowest BCUT2D eigenvalue weighted by molar-refractivity contribution is -0.133. The number of guanidine groups is 1. The van der Waals surface area contributed by atoms with Crippen molar-refractivity contribution in [2.45, 2.75) is 76.8 Å². The molecule has 2 aromatic rings. The molecule has 0 aromatic heterocycles. The smallest absolute Gasteiger partial charge is 0.239 e. The van der Waals surface area contributed by atoms with E-state index in [1.807, 2.05) is 17.0 Å². The molecule has 3 fully saturated rings. The topological polar surface area (TPSA) is 123 Å². The second-order valence-electron chi connectivity index (χ2n) is 13.8. The van der Waals surface area contributed by atoms with Gasteiger partial charge in [-0.25, -0.2) is 0 Å². The summed E-state index contributed by atoms with van der Waals surface area (Å²) in [6.45, 7) is 6.90. The summed E-state index contributed by atoms with van der Waals surface area (Å²) in [6, 6.07) is 20.5. The molecular formula is C36H52N6O2. The number of carbonyl (C=O) groups excluding carboxylic acids is 2. The van der Waals surface area contributed by atoms with Gasteiger partial charge in [-0.2, -0.15) is 0 Å². The standard InChI is InChI=1S/C36H52N6O2/c1-24-18-26-20-25(2)33(29(19-24)21-26)34(43)40-22-30-15-17-42(35(44)32(41-30)14-9-16-39-36(37)38)23-31(27-10-5-3-6-11-27)28-12-7-4-8-13-28/h3-8,10-13,24-26,29-33,41H,9,14-23H2,1-2H3,(H,40,43)(H4,37,38,39)/t24?,25?,26?,29?,30-,32-,33?/m0/s1. The Labute approximate surface area is 263 Å². The number of nitrogens with two attached hydrogens (primary N) is 1. The van der Waals surface area contributed by atoms with Gasteiger partial charge in [0.15, 0.2) is 5.96 Å². The van der Waals surface area contributed by atoms with Crippen LogP contribution < -0.4 is 21.7 Å².